The van der Waals surface area contributed by atoms with Gasteiger partial charge in [0, 0.05) is 17.8 Å². The first-order valence-corrected chi connectivity index (χ1v) is 7.42. The molecule has 0 aliphatic carbocycles. The summed E-state index contributed by atoms with van der Waals surface area (Å²) in [5.41, 5.74) is 17.9. The summed E-state index contributed by atoms with van der Waals surface area (Å²) in [6.07, 6.45) is 0. The van der Waals surface area contributed by atoms with Crippen LogP contribution in [0.4, 0.5) is 11.4 Å². The number of hydrogen-bond donors (Lipinski definition) is 3. The van der Waals surface area contributed by atoms with Gasteiger partial charge in [-0.2, -0.15) is 4.99 Å². The van der Waals surface area contributed by atoms with Crippen LogP contribution in [0, 0.1) is 0 Å². The Morgan fingerprint density at radius 2 is 1.75 bits per heavy atom. The second-order valence-electron chi connectivity index (χ2n) is 4.94. The van der Waals surface area contributed by atoms with Crippen molar-refractivity contribution in [1.82, 2.24) is 0 Å². The smallest absolute Gasteiger partial charge is 0.258 e. The predicted molar refractivity (Wildman–Crippen MR) is 97.3 cm³/mol. The highest BCUT2D eigenvalue weighted by Crippen LogP contribution is 2.20. The molecule has 7 nitrogen and oxygen atoms in total. The molecular formula is C17H20N6O. The number of carbonyl (C=O) groups is 1. The summed E-state index contributed by atoms with van der Waals surface area (Å²) in [5.74, 6) is -0.374. The molecule has 0 saturated carbocycles. The Balaban J connectivity index is 2.30. The monoisotopic (exact) mass is 324 g/mol. The zero-order valence-electron chi connectivity index (χ0n) is 13.4. The number of nitrogens with zero attached hydrogens (tertiary/aromatic N) is 3. The second kappa shape index (κ2) is 7.77. The Morgan fingerprint density at radius 1 is 1.04 bits per heavy atom. The maximum absolute atomic E-state index is 12.8. The van der Waals surface area contributed by atoms with Gasteiger partial charge >= 0.3 is 0 Å². The normalized spacial score (nSPS) is 11.0. The molecule has 0 bridgehead atoms. The van der Waals surface area contributed by atoms with Crippen LogP contribution in [-0.4, -0.2) is 24.4 Å². The van der Waals surface area contributed by atoms with Crippen molar-refractivity contribution in [2.24, 2.45) is 27.2 Å². The van der Waals surface area contributed by atoms with E-state index in [1.165, 1.54) is 0 Å². The minimum atomic E-state index is -0.176. The first kappa shape index (κ1) is 17.0. The Hall–Kier alpha value is -3.35. The summed E-state index contributed by atoms with van der Waals surface area (Å²) in [6.45, 7) is 2.47. The van der Waals surface area contributed by atoms with Crippen LogP contribution in [0.15, 0.2) is 64.6 Å². The van der Waals surface area contributed by atoms with Crippen LogP contribution in [0.1, 0.15) is 17.3 Å². The molecule has 0 fully saturated rings. The van der Waals surface area contributed by atoms with Crippen LogP contribution < -0.4 is 22.1 Å². The SMILES string of the molecule is CCN(C(=O)c1cccc(N=C(N)N=C(N)N)c1)c1ccccc1. The van der Waals surface area contributed by atoms with Crippen LogP contribution in [-0.2, 0) is 0 Å². The number of nitrogens with two attached hydrogens (primary N) is 3. The molecule has 124 valence electrons. The van der Waals surface area contributed by atoms with Gasteiger partial charge in [-0.1, -0.05) is 24.3 Å². The van der Waals surface area contributed by atoms with Crippen molar-refractivity contribution in [3.8, 4) is 0 Å². The van der Waals surface area contributed by atoms with Crippen LogP contribution in [0.3, 0.4) is 0 Å². The van der Waals surface area contributed by atoms with Crippen molar-refractivity contribution in [3.63, 3.8) is 0 Å². The molecule has 0 aliphatic rings. The molecule has 0 aliphatic heterocycles. The third-order valence-electron chi connectivity index (χ3n) is 3.21. The average molecular weight is 324 g/mol. The number of aliphatic imine (C=N–C) groups is 2. The van der Waals surface area contributed by atoms with E-state index >= 15 is 0 Å². The summed E-state index contributed by atoms with van der Waals surface area (Å²) in [5, 5.41) is 0. The van der Waals surface area contributed by atoms with Crippen molar-refractivity contribution in [3.05, 3.63) is 60.2 Å². The van der Waals surface area contributed by atoms with Gasteiger partial charge in [-0.3, -0.25) is 4.79 Å². The quantitative estimate of drug-likeness (QED) is 0.583. The van der Waals surface area contributed by atoms with E-state index in [2.05, 4.69) is 9.98 Å². The lowest BCUT2D eigenvalue weighted by Gasteiger charge is -2.21. The van der Waals surface area contributed by atoms with E-state index in [1.54, 1.807) is 29.2 Å². The minimum Gasteiger partial charge on any atom is -0.370 e. The molecule has 6 N–H and O–H groups in total. The summed E-state index contributed by atoms with van der Waals surface area (Å²) >= 11 is 0. The lowest BCUT2D eigenvalue weighted by Crippen LogP contribution is -2.30. The molecule has 1 amide bonds. The lowest BCUT2D eigenvalue weighted by atomic mass is 10.1. The van der Waals surface area contributed by atoms with Crippen molar-refractivity contribution in [1.29, 1.82) is 0 Å². The van der Waals surface area contributed by atoms with Crippen molar-refractivity contribution < 1.29 is 4.79 Å². The van der Waals surface area contributed by atoms with Crippen LogP contribution in [0.5, 0.6) is 0 Å². The van der Waals surface area contributed by atoms with Crippen LogP contribution in [0.2, 0.25) is 0 Å². The molecule has 7 heteroatoms. The third-order valence-corrected chi connectivity index (χ3v) is 3.21. The van der Waals surface area contributed by atoms with Gasteiger partial charge in [0.1, 0.15) is 0 Å². The second-order valence-corrected chi connectivity index (χ2v) is 4.94. The first-order chi connectivity index (χ1) is 11.5. The maximum Gasteiger partial charge on any atom is 0.258 e. The van der Waals surface area contributed by atoms with Crippen molar-refractivity contribution >= 4 is 29.2 Å². The molecule has 0 atom stereocenters. The van der Waals surface area contributed by atoms with E-state index in [1.807, 2.05) is 37.3 Å². The van der Waals surface area contributed by atoms with E-state index in [-0.39, 0.29) is 17.8 Å². The number of hydrogen-bond acceptors (Lipinski definition) is 2. The predicted octanol–water partition coefficient (Wildman–Crippen LogP) is 1.57. The summed E-state index contributed by atoms with van der Waals surface area (Å²) < 4.78 is 0. The number of carbonyl (C=O) groups excluding carboxylic acids is 1. The summed E-state index contributed by atoms with van der Waals surface area (Å²) in [6, 6.07) is 16.3. The lowest BCUT2D eigenvalue weighted by molar-refractivity contribution is 0.0988. The van der Waals surface area contributed by atoms with Crippen LogP contribution in [0.25, 0.3) is 0 Å². The molecule has 24 heavy (non-hydrogen) atoms. The highest BCUT2D eigenvalue weighted by Gasteiger charge is 2.16. The van der Waals surface area contributed by atoms with Gasteiger partial charge in [0.05, 0.1) is 5.69 Å². The van der Waals surface area contributed by atoms with Gasteiger partial charge in [-0.05, 0) is 37.3 Å². The fourth-order valence-corrected chi connectivity index (χ4v) is 2.21. The van der Waals surface area contributed by atoms with E-state index in [9.17, 15) is 4.79 Å². The summed E-state index contributed by atoms with van der Waals surface area (Å²) in [7, 11) is 0. The van der Waals surface area contributed by atoms with E-state index in [4.69, 9.17) is 17.2 Å². The molecule has 0 aromatic heterocycles. The Kier molecular flexibility index (Phi) is 5.51. The number of para-hydroxylation sites is 1. The minimum absolute atomic E-state index is 0.0741. The molecule has 0 heterocycles. The fraction of sp³-hybridized carbons (Fsp3) is 0.118. The number of benzene rings is 2. The Morgan fingerprint density at radius 3 is 2.38 bits per heavy atom. The number of anilines is 1. The molecule has 0 spiro atoms. The maximum atomic E-state index is 12.8. The van der Waals surface area contributed by atoms with E-state index < -0.39 is 0 Å². The Bertz CT molecular complexity index is 766. The van der Waals surface area contributed by atoms with E-state index in [0.717, 1.165) is 5.69 Å². The standard InChI is InChI=1S/C17H20N6O/c1-2-23(14-9-4-3-5-10-14)15(24)12-7-6-8-13(11-12)21-17(20)22-16(18)19/h3-11H,2H2,1H3,(H6,18,19,20,21,22). The summed E-state index contributed by atoms with van der Waals surface area (Å²) in [4.78, 5) is 22.2. The highest BCUT2D eigenvalue weighted by atomic mass is 16.2. The first-order valence-electron chi connectivity index (χ1n) is 7.42. The van der Waals surface area contributed by atoms with Crippen molar-refractivity contribution in [2.45, 2.75) is 6.92 Å². The molecule has 0 radical (unpaired) electrons. The van der Waals surface area contributed by atoms with Gasteiger partial charge < -0.3 is 22.1 Å². The number of rotatable bonds is 4. The van der Waals surface area contributed by atoms with E-state index in [0.29, 0.717) is 17.8 Å². The number of guanidine groups is 2. The molecule has 2 rings (SSSR count). The van der Waals surface area contributed by atoms with Gasteiger partial charge in [-0.25, -0.2) is 4.99 Å². The average Bonchev–Trinajstić information content (AvgIpc) is 2.56. The molecule has 0 unspecified atom stereocenters. The van der Waals surface area contributed by atoms with Gasteiger partial charge in [-0.15, -0.1) is 0 Å². The third kappa shape index (κ3) is 4.33. The largest absolute Gasteiger partial charge is 0.370 e. The fourth-order valence-electron chi connectivity index (χ4n) is 2.21. The van der Waals surface area contributed by atoms with Gasteiger partial charge in [0.15, 0.2) is 5.96 Å². The van der Waals surface area contributed by atoms with Gasteiger partial charge in [0.25, 0.3) is 5.91 Å². The van der Waals surface area contributed by atoms with Gasteiger partial charge in [0.2, 0.25) is 5.96 Å². The Labute approximate surface area is 140 Å². The number of amides is 1. The molecule has 0 saturated heterocycles. The van der Waals surface area contributed by atoms with Crippen molar-refractivity contribution in [2.75, 3.05) is 11.4 Å². The van der Waals surface area contributed by atoms with Crippen LogP contribution >= 0.6 is 0 Å². The zero-order valence-corrected chi connectivity index (χ0v) is 13.4. The topological polar surface area (TPSA) is 123 Å². The molecule has 2 aromatic carbocycles. The highest BCUT2D eigenvalue weighted by molar-refractivity contribution is 6.06. The molecular weight excluding hydrogens is 304 g/mol. The molecule has 2 aromatic rings. The zero-order chi connectivity index (χ0) is 17.5.